The van der Waals surface area contributed by atoms with Crippen LogP contribution in [0.3, 0.4) is 0 Å². The van der Waals surface area contributed by atoms with Crippen molar-refractivity contribution in [2.24, 2.45) is 0 Å². The Kier molecular flexibility index (Phi) is 4.38. The predicted octanol–water partition coefficient (Wildman–Crippen LogP) is 6.01. The first-order valence-corrected chi connectivity index (χ1v) is 8.53. The quantitative estimate of drug-likeness (QED) is 0.449. The molecule has 0 spiro atoms. The molecule has 0 fully saturated rings. The molecule has 0 unspecified atom stereocenters. The van der Waals surface area contributed by atoms with Crippen molar-refractivity contribution in [2.45, 2.75) is 6.42 Å². The van der Waals surface area contributed by atoms with Gasteiger partial charge in [-0.2, -0.15) is 0 Å². The van der Waals surface area contributed by atoms with Gasteiger partial charge in [-0.05, 0) is 40.8 Å². The van der Waals surface area contributed by atoms with Crippen LogP contribution >= 0.6 is 0 Å². The predicted molar refractivity (Wildman–Crippen MR) is 104 cm³/mol. The van der Waals surface area contributed by atoms with Crippen LogP contribution in [0, 0.1) is 0 Å². The summed E-state index contributed by atoms with van der Waals surface area (Å²) in [5.41, 5.74) is 7.23. The lowest BCUT2D eigenvalue weighted by molar-refractivity contribution is 1.16. The van der Waals surface area contributed by atoms with Crippen LogP contribution < -0.4 is 0 Å². The van der Waals surface area contributed by atoms with E-state index in [0.29, 0.717) is 0 Å². The van der Waals surface area contributed by atoms with E-state index in [0.717, 1.165) is 17.7 Å². The summed E-state index contributed by atoms with van der Waals surface area (Å²) in [6, 6.07) is 33.9. The molecular weight excluding hydrogens is 302 g/mol. The molecule has 120 valence electrons. The molecule has 1 aromatic heterocycles. The van der Waals surface area contributed by atoms with Crippen LogP contribution in [0.1, 0.15) is 11.1 Å². The van der Waals surface area contributed by atoms with Crippen molar-refractivity contribution in [3.05, 3.63) is 114 Å². The van der Waals surface area contributed by atoms with Crippen molar-refractivity contribution in [3.8, 4) is 22.4 Å². The number of aromatic nitrogens is 1. The van der Waals surface area contributed by atoms with E-state index in [1.165, 1.54) is 22.3 Å². The highest BCUT2D eigenvalue weighted by Crippen LogP contribution is 2.24. The zero-order valence-electron chi connectivity index (χ0n) is 14.0. The molecule has 25 heavy (non-hydrogen) atoms. The lowest BCUT2D eigenvalue weighted by atomic mass is 10.0. The molecular formula is C24H19N. The maximum Gasteiger partial charge on any atom is 0.0704 e. The molecule has 4 aromatic rings. The Hall–Kier alpha value is -3.19. The van der Waals surface area contributed by atoms with Gasteiger partial charge in [-0.1, -0.05) is 84.9 Å². The number of rotatable bonds is 4. The van der Waals surface area contributed by atoms with Gasteiger partial charge in [-0.25, -0.2) is 0 Å². The van der Waals surface area contributed by atoms with Crippen molar-refractivity contribution < 1.29 is 0 Å². The number of hydrogen-bond donors (Lipinski definition) is 0. The molecule has 0 saturated heterocycles. The molecule has 0 radical (unpaired) electrons. The number of hydrogen-bond acceptors (Lipinski definition) is 1. The van der Waals surface area contributed by atoms with Gasteiger partial charge in [0, 0.05) is 11.8 Å². The molecule has 0 aliphatic heterocycles. The molecule has 1 heteroatoms. The normalized spacial score (nSPS) is 10.6. The van der Waals surface area contributed by atoms with E-state index in [4.69, 9.17) is 0 Å². The van der Waals surface area contributed by atoms with Crippen LogP contribution in [0.2, 0.25) is 0 Å². The fourth-order valence-electron chi connectivity index (χ4n) is 3.04. The second-order valence-electron chi connectivity index (χ2n) is 6.16. The van der Waals surface area contributed by atoms with Crippen LogP contribution in [0.25, 0.3) is 22.4 Å². The molecule has 0 saturated carbocycles. The zero-order chi connectivity index (χ0) is 16.9. The lowest BCUT2D eigenvalue weighted by Gasteiger charge is -2.07. The van der Waals surface area contributed by atoms with Gasteiger partial charge in [-0.15, -0.1) is 0 Å². The van der Waals surface area contributed by atoms with Gasteiger partial charge in [0.05, 0.1) is 5.69 Å². The fourth-order valence-corrected chi connectivity index (χ4v) is 3.04. The Morgan fingerprint density at radius 2 is 1.12 bits per heavy atom. The van der Waals surface area contributed by atoms with E-state index < -0.39 is 0 Å². The third-order valence-electron chi connectivity index (χ3n) is 4.36. The molecule has 0 aliphatic carbocycles. The lowest BCUT2D eigenvalue weighted by Crippen LogP contribution is -1.91. The average molecular weight is 321 g/mol. The second kappa shape index (κ2) is 7.14. The van der Waals surface area contributed by atoms with Crippen molar-refractivity contribution in [2.75, 3.05) is 0 Å². The van der Waals surface area contributed by atoms with E-state index in [2.05, 4.69) is 96.0 Å². The molecule has 0 bridgehead atoms. The minimum absolute atomic E-state index is 0.929. The van der Waals surface area contributed by atoms with Gasteiger partial charge in [0.2, 0.25) is 0 Å². The van der Waals surface area contributed by atoms with Crippen molar-refractivity contribution in [1.29, 1.82) is 0 Å². The summed E-state index contributed by atoms with van der Waals surface area (Å²) in [4.78, 5) is 4.55. The van der Waals surface area contributed by atoms with Crippen LogP contribution in [0.15, 0.2) is 103 Å². The third-order valence-corrected chi connectivity index (χ3v) is 4.36. The second-order valence-corrected chi connectivity index (χ2v) is 6.16. The molecule has 0 amide bonds. The summed E-state index contributed by atoms with van der Waals surface area (Å²) < 4.78 is 0. The first kappa shape index (κ1) is 15.3. The molecule has 1 heterocycles. The van der Waals surface area contributed by atoms with Crippen molar-refractivity contribution in [3.63, 3.8) is 0 Å². The van der Waals surface area contributed by atoms with Crippen LogP contribution in [0.5, 0.6) is 0 Å². The Morgan fingerprint density at radius 1 is 0.520 bits per heavy atom. The topological polar surface area (TPSA) is 12.9 Å². The highest BCUT2D eigenvalue weighted by Gasteiger charge is 2.03. The number of nitrogens with zero attached hydrogens (tertiary/aromatic N) is 1. The molecule has 1 nitrogen and oxygen atoms in total. The average Bonchev–Trinajstić information content (AvgIpc) is 2.70. The largest absolute Gasteiger partial charge is 0.256 e. The van der Waals surface area contributed by atoms with E-state index in [1.807, 2.05) is 12.3 Å². The smallest absolute Gasteiger partial charge is 0.0704 e. The standard InChI is InChI=1S/C24H19N/c1-3-7-19(8-4-1)17-20-15-16-25-24(18-20)23-13-11-22(12-14-23)21-9-5-2-6-10-21/h1-16,18H,17H2. The Labute approximate surface area is 148 Å². The Bertz CT molecular complexity index is 942. The highest BCUT2D eigenvalue weighted by atomic mass is 14.7. The third kappa shape index (κ3) is 3.67. The first-order valence-electron chi connectivity index (χ1n) is 8.53. The van der Waals surface area contributed by atoms with Crippen LogP contribution in [0.4, 0.5) is 0 Å². The molecule has 0 aliphatic rings. The summed E-state index contributed by atoms with van der Waals surface area (Å²) in [6.45, 7) is 0. The van der Waals surface area contributed by atoms with Gasteiger partial charge < -0.3 is 0 Å². The first-order chi connectivity index (χ1) is 12.4. The fraction of sp³-hybridized carbons (Fsp3) is 0.0417. The van der Waals surface area contributed by atoms with E-state index in [-0.39, 0.29) is 0 Å². The minimum Gasteiger partial charge on any atom is -0.256 e. The van der Waals surface area contributed by atoms with Gasteiger partial charge in [-0.3, -0.25) is 4.98 Å². The van der Waals surface area contributed by atoms with Crippen LogP contribution in [-0.2, 0) is 6.42 Å². The maximum atomic E-state index is 4.55. The summed E-state index contributed by atoms with van der Waals surface area (Å²) >= 11 is 0. The number of benzene rings is 3. The summed E-state index contributed by atoms with van der Waals surface area (Å²) in [7, 11) is 0. The monoisotopic (exact) mass is 321 g/mol. The summed E-state index contributed by atoms with van der Waals surface area (Å²) in [5.74, 6) is 0. The molecule has 3 aromatic carbocycles. The van der Waals surface area contributed by atoms with Crippen molar-refractivity contribution in [1.82, 2.24) is 4.98 Å². The van der Waals surface area contributed by atoms with Gasteiger partial charge in [0.15, 0.2) is 0 Å². The molecule has 0 N–H and O–H groups in total. The van der Waals surface area contributed by atoms with Crippen LogP contribution in [-0.4, -0.2) is 4.98 Å². The number of pyridine rings is 1. The SMILES string of the molecule is c1ccc(Cc2ccnc(-c3ccc(-c4ccccc4)cc3)c2)cc1. The van der Waals surface area contributed by atoms with E-state index in [9.17, 15) is 0 Å². The van der Waals surface area contributed by atoms with E-state index in [1.54, 1.807) is 0 Å². The van der Waals surface area contributed by atoms with Gasteiger partial charge in [0.1, 0.15) is 0 Å². The molecule has 0 atom stereocenters. The maximum absolute atomic E-state index is 4.55. The Balaban J connectivity index is 1.59. The van der Waals surface area contributed by atoms with E-state index >= 15 is 0 Å². The van der Waals surface area contributed by atoms with Gasteiger partial charge in [0.25, 0.3) is 0 Å². The zero-order valence-corrected chi connectivity index (χ0v) is 14.0. The highest BCUT2D eigenvalue weighted by molar-refractivity contribution is 5.68. The van der Waals surface area contributed by atoms with Gasteiger partial charge >= 0.3 is 0 Å². The summed E-state index contributed by atoms with van der Waals surface area (Å²) in [5, 5.41) is 0. The Morgan fingerprint density at radius 3 is 1.84 bits per heavy atom. The molecule has 4 rings (SSSR count). The van der Waals surface area contributed by atoms with Crippen molar-refractivity contribution >= 4 is 0 Å². The minimum atomic E-state index is 0.929. The summed E-state index contributed by atoms with van der Waals surface area (Å²) in [6.07, 6.45) is 2.83.